The molecule has 0 bridgehead atoms. The number of imidazole rings is 1. The van der Waals surface area contributed by atoms with E-state index in [1.165, 1.54) is 13.8 Å². The topological polar surface area (TPSA) is 404 Å². The average molecular weight is 898 g/mol. The number of nitrogens with one attached hydrogen (secondary N) is 2. The number of hydrogen-bond donors (Lipinski definition) is 11. The van der Waals surface area contributed by atoms with Crippen LogP contribution in [0.5, 0.6) is 0 Å². The minimum atomic E-state index is -5.58. The maximum absolute atomic E-state index is 12.7. The lowest BCUT2D eigenvalue weighted by atomic mass is 9.87. The Morgan fingerprint density at radius 2 is 1.70 bits per heavy atom. The molecule has 3 heterocycles. The van der Waals surface area contributed by atoms with Crippen molar-refractivity contribution in [1.82, 2.24) is 30.2 Å². The lowest BCUT2D eigenvalue weighted by Gasteiger charge is -2.30. The number of nitrogens with two attached hydrogens (primary N) is 1. The van der Waals surface area contributed by atoms with Crippen LogP contribution < -0.4 is 16.4 Å². The number of phosphoric acid groups is 3. The first-order valence-corrected chi connectivity index (χ1v) is 22.3. The van der Waals surface area contributed by atoms with Crippen LogP contribution in [0.15, 0.2) is 12.7 Å². The van der Waals surface area contributed by atoms with Crippen molar-refractivity contribution in [3.05, 3.63) is 12.7 Å². The summed E-state index contributed by atoms with van der Waals surface area (Å²) in [6, 6.07) is 0. The molecule has 0 spiro atoms. The Hall–Kier alpha value is -2.52. The summed E-state index contributed by atoms with van der Waals surface area (Å²) in [5, 5.41) is 44.4. The summed E-state index contributed by atoms with van der Waals surface area (Å²) < 4.78 is 62.0. The summed E-state index contributed by atoms with van der Waals surface area (Å²) >= 11 is 0.957. The minimum Gasteiger partial charge on any atom is -0.396 e. The van der Waals surface area contributed by atoms with Gasteiger partial charge in [0.05, 0.1) is 25.6 Å². The van der Waals surface area contributed by atoms with Crippen LogP contribution in [-0.2, 0) is 50.7 Å². The second-order valence-corrected chi connectivity index (χ2v) is 18.4. The maximum Gasteiger partial charge on any atom is 0.481 e. The van der Waals surface area contributed by atoms with Gasteiger partial charge in [-0.15, -0.1) is 0 Å². The van der Waals surface area contributed by atoms with Crippen LogP contribution in [0.1, 0.15) is 45.8 Å². The summed E-state index contributed by atoms with van der Waals surface area (Å²) in [5.41, 5.74) is 4.22. The quantitative estimate of drug-likeness (QED) is 0.0408. The number of phosphoric ester groups is 3. The smallest absolute Gasteiger partial charge is 0.396 e. The molecule has 0 aliphatic carbocycles. The molecule has 12 N–H and O–H groups in total. The SMILES string of the molecule is CC(C)(COP(=O)(O)OP(=O)(O)OC[C@H]1O[C@@H](n2cnc3c(N)ncnc32)[C@H](O)[C@@H]1OP(=O)(O)O)[C@@H](O)C(=O)NCCC(=O)NCCSC(=O)CCC(O)CCO. The van der Waals surface area contributed by atoms with E-state index in [0.29, 0.717) is 0 Å². The van der Waals surface area contributed by atoms with Crippen molar-refractivity contribution in [2.75, 3.05) is 44.4 Å². The fourth-order valence-electron chi connectivity index (χ4n) is 4.95. The average Bonchev–Trinajstić information content (AvgIpc) is 3.67. The molecule has 57 heavy (non-hydrogen) atoms. The molecule has 26 nitrogen and oxygen atoms in total. The number of nitrogen functional groups attached to an aromatic ring is 1. The van der Waals surface area contributed by atoms with Crippen LogP contribution in [0.4, 0.5) is 5.82 Å². The monoisotopic (exact) mass is 897 g/mol. The van der Waals surface area contributed by atoms with Crippen molar-refractivity contribution >= 4 is 69.1 Å². The molecule has 324 valence electrons. The zero-order valence-corrected chi connectivity index (χ0v) is 33.9. The number of hydrogen-bond acceptors (Lipinski definition) is 20. The standard InChI is InChI=1S/C27H46N7O19P3S/c1-27(2,22(40)25(41)30-7-5-17(37)29-8-10-57-18(38)4-3-15(36)6-9-35)12-50-56(47,48)53-55(45,46)49-11-16-21(52-54(42,43)44)20(39)26(51-16)34-14-33-19-23(28)31-13-32-24(19)34/h13-16,20-22,26,35-36,39-40H,3-12H2,1-2H3,(H,29,37)(H,30,41)(H,45,46)(H,47,48)(H2,28,31,32)(H2,42,43,44)/t15?,16-,20-,21-,22+,26-/m1/s1. The molecule has 1 saturated heterocycles. The normalized spacial score (nSPS) is 22.1. The van der Waals surface area contributed by atoms with Crippen molar-refractivity contribution in [3.8, 4) is 0 Å². The van der Waals surface area contributed by atoms with E-state index in [4.69, 9.17) is 24.6 Å². The predicted molar refractivity (Wildman–Crippen MR) is 194 cm³/mol. The predicted octanol–water partition coefficient (Wildman–Crippen LogP) is -1.81. The van der Waals surface area contributed by atoms with Crippen LogP contribution in [0, 0.1) is 5.41 Å². The number of aromatic nitrogens is 4. The minimum absolute atomic E-state index is 0.0226. The highest BCUT2D eigenvalue weighted by molar-refractivity contribution is 8.13. The molecule has 2 aromatic heterocycles. The van der Waals surface area contributed by atoms with Crippen LogP contribution in [0.2, 0.25) is 0 Å². The molecule has 1 aliphatic rings. The lowest BCUT2D eigenvalue weighted by molar-refractivity contribution is -0.137. The van der Waals surface area contributed by atoms with Gasteiger partial charge >= 0.3 is 23.5 Å². The van der Waals surface area contributed by atoms with Crippen molar-refractivity contribution in [1.29, 1.82) is 0 Å². The molecule has 0 saturated carbocycles. The van der Waals surface area contributed by atoms with Crippen molar-refractivity contribution < 1.29 is 90.7 Å². The molecule has 2 amide bonds. The number of aliphatic hydroxyl groups excluding tert-OH is 4. The fourth-order valence-corrected chi connectivity index (χ4v) is 8.47. The molecule has 1 aliphatic heterocycles. The van der Waals surface area contributed by atoms with Gasteiger partial charge in [0.25, 0.3) is 0 Å². The number of carbonyl (C=O) groups excluding carboxylic acids is 3. The van der Waals surface area contributed by atoms with Crippen molar-refractivity contribution in [2.45, 2.75) is 76.3 Å². The Bertz CT molecular complexity index is 1840. The summed E-state index contributed by atoms with van der Waals surface area (Å²) in [6.07, 6.45) is -7.35. The third kappa shape index (κ3) is 15.5. The van der Waals surface area contributed by atoms with Crippen molar-refractivity contribution in [3.63, 3.8) is 0 Å². The largest absolute Gasteiger partial charge is 0.481 e. The van der Waals surface area contributed by atoms with Crippen LogP contribution in [0.25, 0.3) is 11.2 Å². The number of ether oxygens (including phenoxy) is 1. The van der Waals surface area contributed by atoms with Gasteiger partial charge in [-0.2, -0.15) is 4.31 Å². The van der Waals surface area contributed by atoms with Gasteiger partial charge in [0, 0.05) is 43.7 Å². The number of nitrogens with zero attached hydrogens (tertiary/aromatic N) is 4. The number of aliphatic hydroxyl groups is 4. The number of fused-ring (bicyclic) bond motifs is 1. The van der Waals surface area contributed by atoms with E-state index < -0.39 is 90.7 Å². The zero-order valence-electron chi connectivity index (χ0n) is 30.4. The molecule has 0 radical (unpaired) electrons. The summed E-state index contributed by atoms with van der Waals surface area (Å²) in [5.74, 6) is -1.29. The Balaban J connectivity index is 1.46. The van der Waals surface area contributed by atoms with Gasteiger partial charge in [-0.1, -0.05) is 25.6 Å². The second kappa shape index (κ2) is 21.1. The fraction of sp³-hybridized carbons (Fsp3) is 0.704. The summed E-state index contributed by atoms with van der Waals surface area (Å²) in [6.45, 7) is 0.118. The van der Waals surface area contributed by atoms with Gasteiger partial charge in [-0.3, -0.25) is 32.5 Å². The number of carbonyl (C=O) groups is 3. The van der Waals surface area contributed by atoms with Crippen LogP contribution in [-0.4, -0.2) is 146 Å². The van der Waals surface area contributed by atoms with Gasteiger partial charge in [-0.05, 0) is 12.8 Å². The summed E-state index contributed by atoms with van der Waals surface area (Å²) in [4.78, 5) is 87.4. The van der Waals surface area contributed by atoms with E-state index in [1.54, 1.807) is 0 Å². The lowest BCUT2D eigenvalue weighted by Crippen LogP contribution is -2.46. The van der Waals surface area contributed by atoms with Crippen LogP contribution >= 0.6 is 35.2 Å². The van der Waals surface area contributed by atoms with Crippen molar-refractivity contribution in [2.24, 2.45) is 5.41 Å². The molecule has 8 atom stereocenters. The van der Waals surface area contributed by atoms with Crippen LogP contribution in [0.3, 0.4) is 0 Å². The van der Waals surface area contributed by atoms with E-state index in [9.17, 15) is 63.0 Å². The second-order valence-electron chi connectivity index (χ2n) is 13.0. The van der Waals surface area contributed by atoms with E-state index in [0.717, 1.165) is 29.0 Å². The number of anilines is 1. The Labute approximate surface area is 328 Å². The van der Waals surface area contributed by atoms with E-state index in [2.05, 4.69) is 34.4 Å². The maximum atomic E-state index is 12.7. The highest BCUT2D eigenvalue weighted by Gasteiger charge is 2.50. The Morgan fingerprint density at radius 3 is 2.37 bits per heavy atom. The highest BCUT2D eigenvalue weighted by Crippen LogP contribution is 2.61. The van der Waals surface area contributed by atoms with Gasteiger partial charge in [0.15, 0.2) is 22.8 Å². The highest BCUT2D eigenvalue weighted by atomic mass is 32.2. The first kappa shape index (κ1) is 48.8. The third-order valence-corrected chi connectivity index (χ3v) is 11.9. The summed E-state index contributed by atoms with van der Waals surface area (Å²) in [7, 11) is -16.4. The number of thioether (sulfide) groups is 1. The molecule has 0 aromatic carbocycles. The molecular weight excluding hydrogens is 851 g/mol. The first-order valence-electron chi connectivity index (χ1n) is 16.8. The van der Waals surface area contributed by atoms with Gasteiger partial charge < -0.3 is 61.1 Å². The number of rotatable bonds is 24. The third-order valence-electron chi connectivity index (χ3n) is 7.91. The zero-order chi connectivity index (χ0) is 42.8. The van der Waals surface area contributed by atoms with Gasteiger partial charge in [0.2, 0.25) is 11.8 Å². The van der Waals surface area contributed by atoms with E-state index >= 15 is 0 Å². The molecule has 3 rings (SSSR count). The van der Waals surface area contributed by atoms with E-state index in [1.807, 2.05) is 0 Å². The molecule has 30 heteroatoms. The van der Waals surface area contributed by atoms with Gasteiger partial charge in [-0.25, -0.2) is 28.6 Å². The first-order chi connectivity index (χ1) is 26.4. The number of amides is 2. The molecule has 1 fully saturated rings. The molecule has 3 unspecified atom stereocenters. The van der Waals surface area contributed by atoms with Gasteiger partial charge in [0.1, 0.15) is 36.3 Å². The molecular formula is C27H46N7O19P3S. The Morgan fingerprint density at radius 1 is 1.02 bits per heavy atom. The Kier molecular flexibility index (Phi) is 18.1. The van der Waals surface area contributed by atoms with E-state index in [-0.39, 0.29) is 73.2 Å². The molecule has 2 aromatic rings.